The molecule has 17 heavy (non-hydrogen) atoms. The van der Waals surface area contributed by atoms with Crippen molar-refractivity contribution >= 4 is 0 Å². The first-order chi connectivity index (χ1) is 8.40. The van der Waals surface area contributed by atoms with Gasteiger partial charge in [-0.05, 0) is 49.4 Å². The number of hydrogen-bond donors (Lipinski definition) is 1. The van der Waals surface area contributed by atoms with E-state index in [1.54, 1.807) is 6.26 Å². The number of nitrogens with one attached hydrogen (secondary N) is 1. The molecule has 1 aliphatic rings. The molecular weight excluding hydrogens is 210 g/mol. The lowest BCUT2D eigenvalue weighted by molar-refractivity contribution is 0.320. The van der Waals surface area contributed by atoms with Crippen LogP contribution in [0.25, 0.3) is 0 Å². The van der Waals surface area contributed by atoms with Crippen LogP contribution in [0, 0.1) is 11.8 Å². The van der Waals surface area contributed by atoms with Crippen LogP contribution < -0.4 is 5.32 Å². The van der Waals surface area contributed by atoms with E-state index < -0.39 is 0 Å². The maximum absolute atomic E-state index is 5.18. The average molecular weight is 235 g/mol. The highest BCUT2D eigenvalue weighted by Gasteiger charge is 2.24. The maximum Gasteiger partial charge on any atom is 0.0934 e. The molecular formula is C15H25NO. The average Bonchev–Trinajstić information content (AvgIpc) is 3.01. The van der Waals surface area contributed by atoms with E-state index in [1.165, 1.54) is 50.6 Å². The molecule has 1 aliphatic carbocycles. The third kappa shape index (κ3) is 3.88. The minimum Gasteiger partial charge on any atom is -0.472 e. The van der Waals surface area contributed by atoms with E-state index in [-0.39, 0.29) is 0 Å². The van der Waals surface area contributed by atoms with Gasteiger partial charge in [-0.1, -0.05) is 32.6 Å². The summed E-state index contributed by atoms with van der Waals surface area (Å²) < 4.78 is 5.18. The zero-order valence-corrected chi connectivity index (χ0v) is 11.0. The lowest BCUT2D eigenvalue weighted by atomic mass is 9.86. The molecule has 1 fully saturated rings. The van der Waals surface area contributed by atoms with Crippen LogP contribution in [0.5, 0.6) is 0 Å². The van der Waals surface area contributed by atoms with E-state index >= 15 is 0 Å². The minimum atomic E-state index is 0.793. The summed E-state index contributed by atoms with van der Waals surface area (Å²) in [5.74, 6) is 1.72. The normalized spacial score (nSPS) is 18.6. The van der Waals surface area contributed by atoms with Crippen molar-refractivity contribution in [2.75, 3.05) is 13.1 Å². The fourth-order valence-electron chi connectivity index (χ4n) is 3.01. The zero-order valence-electron chi connectivity index (χ0n) is 11.0. The highest BCUT2D eigenvalue weighted by Crippen LogP contribution is 2.33. The van der Waals surface area contributed by atoms with E-state index in [1.807, 2.05) is 6.26 Å². The van der Waals surface area contributed by atoms with Crippen molar-refractivity contribution in [2.45, 2.75) is 45.4 Å². The van der Waals surface area contributed by atoms with Gasteiger partial charge >= 0.3 is 0 Å². The van der Waals surface area contributed by atoms with Crippen LogP contribution in [0.1, 0.15) is 44.6 Å². The van der Waals surface area contributed by atoms with Gasteiger partial charge in [0.05, 0.1) is 12.5 Å². The Morgan fingerprint density at radius 3 is 2.88 bits per heavy atom. The second-order valence-corrected chi connectivity index (χ2v) is 5.34. The van der Waals surface area contributed by atoms with Crippen molar-refractivity contribution in [2.24, 2.45) is 11.8 Å². The minimum absolute atomic E-state index is 0.793. The molecule has 0 amide bonds. The highest BCUT2D eigenvalue weighted by molar-refractivity contribution is 5.07. The molecule has 1 N–H and O–H groups in total. The molecule has 96 valence electrons. The number of rotatable bonds is 7. The number of furan rings is 1. The summed E-state index contributed by atoms with van der Waals surface area (Å²) in [5.41, 5.74) is 1.36. The molecule has 1 aromatic rings. The van der Waals surface area contributed by atoms with E-state index in [0.29, 0.717) is 0 Å². The van der Waals surface area contributed by atoms with Gasteiger partial charge < -0.3 is 9.73 Å². The van der Waals surface area contributed by atoms with Crippen molar-refractivity contribution in [1.82, 2.24) is 5.32 Å². The van der Waals surface area contributed by atoms with Crippen molar-refractivity contribution in [3.8, 4) is 0 Å². The van der Waals surface area contributed by atoms with Crippen LogP contribution in [0.15, 0.2) is 23.0 Å². The summed E-state index contributed by atoms with van der Waals surface area (Å²) in [4.78, 5) is 0. The van der Waals surface area contributed by atoms with Crippen LogP contribution in [0.4, 0.5) is 0 Å². The molecule has 0 aromatic carbocycles. The van der Waals surface area contributed by atoms with Gasteiger partial charge in [-0.3, -0.25) is 0 Å². The van der Waals surface area contributed by atoms with Gasteiger partial charge in [0, 0.05) is 0 Å². The molecule has 1 unspecified atom stereocenters. The molecule has 1 heterocycles. The molecule has 0 saturated heterocycles. The zero-order chi connectivity index (χ0) is 11.9. The Hall–Kier alpha value is -0.760. The summed E-state index contributed by atoms with van der Waals surface area (Å²) in [6, 6.07) is 2.11. The molecule has 0 radical (unpaired) electrons. The summed E-state index contributed by atoms with van der Waals surface area (Å²) >= 11 is 0. The van der Waals surface area contributed by atoms with E-state index in [9.17, 15) is 0 Å². The fourth-order valence-corrected chi connectivity index (χ4v) is 3.01. The van der Waals surface area contributed by atoms with Gasteiger partial charge in [-0.2, -0.15) is 0 Å². The van der Waals surface area contributed by atoms with Gasteiger partial charge in [0.15, 0.2) is 0 Å². The quantitative estimate of drug-likeness (QED) is 0.730. The molecule has 0 aliphatic heterocycles. The second kappa shape index (κ2) is 6.85. The Labute approximate surface area is 105 Å². The Kier molecular flexibility index (Phi) is 5.11. The maximum atomic E-state index is 5.18. The van der Waals surface area contributed by atoms with Crippen molar-refractivity contribution in [3.05, 3.63) is 24.2 Å². The van der Waals surface area contributed by atoms with Crippen LogP contribution in [0.2, 0.25) is 0 Å². The summed E-state index contributed by atoms with van der Waals surface area (Å²) in [6.07, 6.45) is 11.8. The molecule has 2 heteroatoms. The number of hydrogen-bond acceptors (Lipinski definition) is 2. The Morgan fingerprint density at radius 2 is 2.24 bits per heavy atom. The lowest BCUT2D eigenvalue weighted by Crippen LogP contribution is -2.29. The molecule has 1 aromatic heterocycles. The first kappa shape index (κ1) is 12.7. The SMILES string of the molecule is CCCNCC(Cc1ccoc1)C1CCCC1. The Bertz CT molecular complexity index is 288. The first-order valence-electron chi connectivity index (χ1n) is 7.12. The van der Waals surface area contributed by atoms with Crippen LogP contribution in [-0.4, -0.2) is 13.1 Å². The van der Waals surface area contributed by atoms with Gasteiger partial charge in [0.25, 0.3) is 0 Å². The predicted molar refractivity (Wildman–Crippen MR) is 71.0 cm³/mol. The third-order valence-corrected chi connectivity index (χ3v) is 3.98. The summed E-state index contributed by atoms with van der Waals surface area (Å²) in [7, 11) is 0. The van der Waals surface area contributed by atoms with Crippen LogP contribution in [0.3, 0.4) is 0 Å². The first-order valence-corrected chi connectivity index (χ1v) is 7.12. The van der Waals surface area contributed by atoms with Crippen molar-refractivity contribution in [1.29, 1.82) is 0 Å². The highest BCUT2D eigenvalue weighted by atomic mass is 16.3. The van der Waals surface area contributed by atoms with Crippen LogP contribution in [-0.2, 0) is 6.42 Å². The topological polar surface area (TPSA) is 25.2 Å². The predicted octanol–water partition coefficient (Wildman–Crippen LogP) is 3.63. The van der Waals surface area contributed by atoms with E-state index in [0.717, 1.165) is 18.4 Å². The van der Waals surface area contributed by atoms with E-state index in [2.05, 4.69) is 18.3 Å². The molecule has 1 atom stereocenters. The monoisotopic (exact) mass is 235 g/mol. The molecule has 2 rings (SSSR count). The summed E-state index contributed by atoms with van der Waals surface area (Å²) in [5, 5.41) is 3.59. The smallest absolute Gasteiger partial charge is 0.0934 e. The standard InChI is InChI=1S/C15H25NO/c1-2-8-16-11-15(14-5-3-4-6-14)10-13-7-9-17-12-13/h7,9,12,14-16H,2-6,8,10-11H2,1H3. The van der Waals surface area contributed by atoms with Gasteiger partial charge in [0.2, 0.25) is 0 Å². The summed E-state index contributed by atoms with van der Waals surface area (Å²) in [6.45, 7) is 4.55. The van der Waals surface area contributed by atoms with Crippen molar-refractivity contribution in [3.63, 3.8) is 0 Å². The Morgan fingerprint density at radius 1 is 1.41 bits per heavy atom. The van der Waals surface area contributed by atoms with Gasteiger partial charge in [-0.25, -0.2) is 0 Å². The van der Waals surface area contributed by atoms with E-state index in [4.69, 9.17) is 4.42 Å². The molecule has 1 saturated carbocycles. The molecule has 2 nitrogen and oxygen atoms in total. The lowest BCUT2D eigenvalue weighted by Gasteiger charge is -2.23. The van der Waals surface area contributed by atoms with Gasteiger partial charge in [0.1, 0.15) is 0 Å². The molecule has 0 spiro atoms. The van der Waals surface area contributed by atoms with Crippen molar-refractivity contribution < 1.29 is 4.42 Å². The van der Waals surface area contributed by atoms with Crippen LogP contribution >= 0.6 is 0 Å². The largest absolute Gasteiger partial charge is 0.472 e. The third-order valence-electron chi connectivity index (χ3n) is 3.98. The van der Waals surface area contributed by atoms with Gasteiger partial charge in [-0.15, -0.1) is 0 Å². The Balaban J connectivity index is 1.86. The fraction of sp³-hybridized carbons (Fsp3) is 0.733. The second-order valence-electron chi connectivity index (χ2n) is 5.34. The molecule has 0 bridgehead atoms.